The molecule has 1 atom stereocenters. The highest BCUT2D eigenvalue weighted by molar-refractivity contribution is 5.98. The summed E-state index contributed by atoms with van der Waals surface area (Å²) in [6.45, 7) is 7.24. The Morgan fingerprint density at radius 2 is 2.04 bits per heavy atom. The Balaban J connectivity index is 1.94. The number of amides is 2. The highest BCUT2D eigenvalue weighted by Gasteiger charge is 2.37. The van der Waals surface area contributed by atoms with Gasteiger partial charge in [0.25, 0.3) is 5.91 Å². The molecule has 1 aliphatic rings. The smallest absolute Gasteiger partial charge is 0.258 e. The van der Waals surface area contributed by atoms with Crippen molar-refractivity contribution in [2.45, 2.75) is 39.8 Å². The molecule has 0 saturated heterocycles. The van der Waals surface area contributed by atoms with Crippen LogP contribution < -0.4 is 5.73 Å². The lowest BCUT2D eigenvalue weighted by Gasteiger charge is -2.33. The van der Waals surface area contributed by atoms with Crippen molar-refractivity contribution in [3.63, 3.8) is 0 Å². The zero-order valence-corrected chi connectivity index (χ0v) is 15.1. The maximum atomic E-state index is 13.1. The van der Waals surface area contributed by atoms with Crippen LogP contribution in [-0.2, 0) is 24.8 Å². The summed E-state index contributed by atoms with van der Waals surface area (Å²) in [5.74, 6) is -0.340. The molecule has 3 rings (SSSR count). The van der Waals surface area contributed by atoms with Crippen molar-refractivity contribution in [3.8, 4) is 0 Å². The average molecular weight is 344 g/mol. The predicted octanol–water partition coefficient (Wildman–Crippen LogP) is 0.806. The number of hydrogen-bond donors (Lipinski definition) is 1. The molecule has 2 aromatic heterocycles. The number of nitrogens with zero attached hydrogens (tertiary/aromatic N) is 5. The maximum Gasteiger partial charge on any atom is 0.258 e. The minimum Gasteiger partial charge on any atom is -0.368 e. The topological polar surface area (TPSA) is 99.0 Å². The molecule has 134 valence electrons. The van der Waals surface area contributed by atoms with Crippen molar-refractivity contribution < 1.29 is 9.59 Å². The minimum absolute atomic E-state index is 0.217. The Hall–Kier alpha value is -2.64. The van der Waals surface area contributed by atoms with Crippen LogP contribution in [0.2, 0.25) is 0 Å². The first-order chi connectivity index (χ1) is 11.8. The minimum atomic E-state index is -0.794. The molecule has 8 nitrogen and oxygen atoms in total. The fraction of sp³-hybridized carbons (Fsp3) is 0.529. The Morgan fingerprint density at radius 1 is 1.32 bits per heavy atom. The van der Waals surface area contributed by atoms with Gasteiger partial charge >= 0.3 is 0 Å². The fourth-order valence-corrected chi connectivity index (χ4v) is 3.40. The third-order valence-electron chi connectivity index (χ3n) is 4.69. The van der Waals surface area contributed by atoms with Crippen LogP contribution in [0.25, 0.3) is 0 Å². The Labute approximate surface area is 146 Å². The summed E-state index contributed by atoms with van der Waals surface area (Å²) in [6, 6.07) is -0.794. The van der Waals surface area contributed by atoms with Gasteiger partial charge in [-0.1, -0.05) is 13.8 Å². The van der Waals surface area contributed by atoms with Crippen molar-refractivity contribution >= 4 is 11.8 Å². The van der Waals surface area contributed by atoms with Crippen LogP contribution in [0.15, 0.2) is 12.4 Å². The maximum absolute atomic E-state index is 13.1. The van der Waals surface area contributed by atoms with Gasteiger partial charge in [0.15, 0.2) is 0 Å². The first-order valence-electron chi connectivity index (χ1n) is 8.44. The number of aryl methyl sites for hydroxylation is 1. The van der Waals surface area contributed by atoms with Crippen molar-refractivity contribution in [2.75, 3.05) is 6.54 Å². The van der Waals surface area contributed by atoms with Crippen molar-refractivity contribution in [1.82, 2.24) is 24.5 Å². The van der Waals surface area contributed by atoms with Gasteiger partial charge in [-0.05, 0) is 12.8 Å². The number of hydrogen-bond acceptors (Lipinski definition) is 4. The van der Waals surface area contributed by atoms with Crippen LogP contribution >= 0.6 is 0 Å². The average Bonchev–Trinajstić information content (AvgIpc) is 3.09. The second-order valence-electron chi connectivity index (χ2n) is 6.94. The van der Waals surface area contributed by atoms with Gasteiger partial charge in [-0.25, -0.2) is 0 Å². The molecule has 0 bridgehead atoms. The van der Waals surface area contributed by atoms with E-state index in [2.05, 4.69) is 24.0 Å². The molecule has 0 radical (unpaired) electrons. The van der Waals surface area contributed by atoms with E-state index in [0.717, 1.165) is 17.9 Å². The van der Waals surface area contributed by atoms with Crippen LogP contribution in [0.4, 0.5) is 0 Å². The summed E-state index contributed by atoms with van der Waals surface area (Å²) < 4.78 is 3.57. The third-order valence-corrected chi connectivity index (χ3v) is 4.69. The summed E-state index contributed by atoms with van der Waals surface area (Å²) in [6.07, 6.45) is 3.84. The molecule has 1 aliphatic heterocycles. The molecule has 8 heteroatoms. The number of carbonyl (C=O) groups excluding carboxylic acids is 2. The quantitative estimate of drug-likeness (QED) is 0.887. The number of primary amides is 1. The molecule has 0 fully saturated rings. The van der Waals surface area contributed by atoms with E-state index in [1.54, 1.807) is 17.1 Å². The van der Waals surface area contributed by atoms with Crippen LogP contribution in [0, 0.1) is 12.8 Å². The normalized spacial score (nSPS) is 17.0. The van der Waals surface area contributed by atoms with E-state index in [1.807, 2.05) is 18.7 Å². The fourth-order valence-electron chi connectivity index (χ4n) is 3.40. The zero-order valence-electron chi connectivity index (χ0n) is 15.1. The summed E-state index contributed by atoms with van der Waals surface area (Å²) in [5.41, 5.74) is 8.59. The highest BCUT2D eigenvalue weighted by atomic mass is 16.2. The van der Waals surface area contributed by atoms with Gasteiger partial charge in [0.05, 0.1) is 18.0 Å². The Morgan fingerprint density at radius 3 is 2.68 bits per heavy atom. The number of carbonyl (C=O) groups is 2. The van der Waals surface area contributed by atoms with E-state index in [1.165, 1.54) is 4.90 Å². The number of nitrogens with two attached hydrogens (primary N) is 1. The summed E-state index contributed by atoms with van der Waals surface area (Å²) in [7, 11) is 1.83. The van der Waals surface area contributed by atoms with Gasteiger partial charge in [0, 0.05) is 43.5 Å². The van der Waals surface area contributed by atoms with Gasteiger partial charge in [-0.15, -0.1) is 0 Å². The van der Waals surface area contributed by atoms with E-state index in [9.17, 15) is 9.59 Å². The molecule has 0 spiro atoms. The molecule has 1 unspecified atom stereocenters. The van der Waals surface area contributed by atoms with E-state index in [-0.39, 0.29) is 5.91 Å². The van der Waals surface area contributed by atoms with Gasteiger partial charge in [-0.2, -0.15) is 10.2 Å². The highest BCUT2D eigenvalue weighted by Crippen LogP contribution is 2.31. The molecule has 2 amide bonds. The lowest BCUT2D eigenvalue weighted by atomic mass is 9.97. The van der Waals surface area contributed by atoms with Gasteiger partial charge in [0.1, 0.15) is 6.04 Å². The second kappa shape index (κ2) is 6.34. The number of fused-ring (bicyclic) bond motifs is 1. The first-order valence-corrected chi connectivity index (χ1v) is 8.44. The van der Waals surface area contributed by atoms with Gasteiger partial charge < -0.3 is 10.6 Å². The van der Waals surface area contributed by atoms with Crippen molar-refractivity contribution in [1.29, 1.82) is 0 Å². The van der Waals surface area contributed by atoms with Crippen LogP contribution in [0.1, 0.15) is 47.2 Å². The van der Waals surface area contributed by atoms with Crippen LogP contribution in [-0.4, -0.2) is 42.8 Å². The molecular weight excluding hydrogens is 320 g/mol. The lowest BCUT2D eigenvalue weighted by Crippen LogP contribution is -2.46. The first kappa shape index (κ1) is 17.2. The lowest BCUT2D eigenvalue weighted by molar-refractivity contribution is -0.123. The third kappa shape index (κ3) is 2.92. The van der Waals surface area contributed by atoms with Crippen molar-refractivity contribution in [2.24, 2.45) is 18.7 Å². The Kier molecular flexibility index (Phi) is 4.36. The molecule has 2 aromatic rings. The number of aromatic nitrogens is 4. The second-order valence-corrected chi connectivity index (χ2v) is 6.94. The van der Waals surface area contributed by atoms with E-state index < -0.39 is 11.9 Å². The molecular formula is C17H24N6O2. The predicted molar refractivity (Wildman–Crippen MR) is 91.7 cm³/mol. The monoisotopic (exact) mass is 344 g/mol. The zero-order chi connectivity index (χ0) is 18.3. The molecule has 0 aromatic carbocycles. The van der Waals surface area contributed by atoms with E-state index in [0.29, 0.717) is 30.0 Å². The summed E-state index contributed by atoms with van der Waals surface area (Å²) in [4.78, 5) is 26.7. The van der Waals surface area contributed by atoms with Gasteiger partial charge in [0.2, 0.25) is 5.91 Å². The Bertz CT molecular complexity index is 819. The largest absolute Gasteiger partial charge is 0.368 e. The molecule has 0 aliphatic carbocycles. The summed E-state index contributed by atoms with van der Waals surface area (Å²) >= 11 is 0. The molecule has 25 heavy (non-hydrogen) atoms. The molecule has 2 N–H and O–H groups in total. The van der Waals surface area contributed by atoms with Crippen molar-refractivity contribution in [3.05, 3.63) is 34.9 Å². The van der Waals surface area contributed by atoms with Crippen LogP contribution in [0.5, 0.6) is 0 Å². The number of rotatable bonds is 4. The molecule has 3 heterocycles. The van der Waals surface area contributed by atoms with E-state index in [4.69, 9.17) is 5.73 Å². The van der Waals surface area contributed by atoms with E-state index >= 15 is 0 Å². The van der Waals surface area contributed by atoms with Gasteiger partial charge in [-0.3, -0.25) is 19.0 Å². The molecule has 0 saturated carbocycles. The standard InChI is InChI=1S/C17H24N6O2/c1-10(2)9-23-11(3)12(7-20-23)17(25)22-6-5-14-13(8-19-21(14)4)15(22)16(18)24/h7-8,10,15H,5-6,9H2,1-4H3,(H2,18,24). The summed E-state index contributed by atoms with van der Waals surface area (Å²) in [5, 5.41) is 8.53. The van der Waals surface area contributed by atoms with Crippen LogP contribution in [0.3, 0.4) is 0 Å². The SMILES string of the molecule is Cc1c(C(=O)N2CCc3c(cnn3C)C2C(N)=O)cnn1CC(C)C.